The van der Waals surface area contributed by atoms with Gasteiger partial charge in [-0.25, -0.2) is 10.1 Å². The van der Waals surface area contributed by atoms with Gasteiger partial charge in [-0.15, -0.1) is 0 Å². The first-order chi connectivity index (χ1) is 11.0. The van der Waals surface area contributed by atoms with Gasteiger partial charge in [0.1, 0.15) is 0 Å². The van der Waals surface area contributed by atoms with Gasteiger partial charge in [0.25, 0.3) is 5.56 Å². The van der Waals surface area contributed by atoms with Gasteiger partial charge < -0.3 is 0 Å². The maximum absolute atomic E-state index is 12.8. The van der Waals surface area contributed by atoms with Crippen molar-refractivity contribution in [2.75, 3.05) is 7.05 Å². The Labute approximate surface area is 138 Å². The first-order valence-electron chi connectivity index (χ1n) is 6.99. The van der Waals surface area contributed by atoms with E-state index in [0.717, 1.165) is 23.3 Å². The molecule has 0 bridgehead atoms. The smallest absolute Gasteiger partial charge is 0.285 e. The number of para-hydroxylation sites is 1. The summed E-state index contributed by atoms with van der Waals surface area (Å²) in [6, 6.07) is 9.37. The molecule has 0 radical (unpaired) electrons. The molecule has 7 nitrogen and oxygen atoms in total. The summed E-state index contributed by atoms with van der Waals surface area (Å²) in [5.74, 6) is 0. The number of hydrogen-bond acceptors (Lipinski definition) is 5. The third-order valence-corrected chi connectivity index (χ3v) is 3.91. The van der Waals surface area contributed by atoms with Crippen molar-refractivity contribution in [1.29, 1.82) is 0 Å². The van der Waals surface area contributed by atoms with E-state index in [2.05, 4.69) is 15.2 Å². The number of rotatable bonds is 4. The summed E-state index contributed by atoms with van der Waals surface area (Å²) < 4.78 is 6.01. The van der Waals surface area contributed by atoms with Crippen LogP contribution in [0.15, 0.2) is 40.2 Å². The molecule has 0 aliphatic heterocycles. The Morgan fingerprint density at radius 3 is 2.52 bits per heavy atom. The van der Waals surface area contributed by atoms with Gasteiger partial charge in [0.2, 0.25) is 0 Å². The molecule has 0 atom stereocenters. The topological polar surface area (TPSA) is 80.4 Å². The summed E-state index contributed by atoms with van der Waals surface area (Å²) in [6.07, 6.45) is 0. The highest BCUT2D eigenvalue weighted by atomic mass is 32.2. The average molecular weight is 333 g/mol. The monoisotopic (exact) mass is 333 g/mol. The number of nitrogens with zero attached hydrogens (tertiary/aromatic N) is 3. The van der Waals surface area contributed by atoms with Gasteiger partial charge in [0.05, 0.1) is 17.0 Å². The molecular formula is C15H19N5O2S. The average Bonchev–Trinajstić information content (AvgIpc) is 2.76. The lowest BCUT2D eigenvalue weighted by Crippen LogP contribution is -2.23. The van der Waals surface area contributed by atoms with Gasteiger partial charge in [-0.3, -0.25) is 19.0 Å². The first kappa shape index (κ1) is 17.0. The predicted molar refractivity (Wildman–Crippen MR) is 93.1 cm³/mol. The molecule has 1 amide bonds. The zero-order valence-electron chi connectivity index (χ0n) is 13.5. The Morgan fingerprint density at radius 2 is 1.91 bits per heavy atom. The molecule has 0 saturated carbocycles. The molecule has 122 valence electrons. The second-order valence-corrected chi connectivity index (χ2v) is 5.82. The third kappa shape index (κ3) is 3.54. The molecule has 2 aromatic rings. The van der Waals surface area contributed by atoms with Gasteiger partial charge >= 0.3 is 5.24 Å². The molecule has 0 fully saturated rings. The minimum Gasteiger partial charge on any atom is -0.285 e. The fourth-order valence-electron chi connectivity index (χ4n) is 2.29. The molecule has 23 heavy (non-hydrogen) atoms. The third-order valence-electron chi connectivity index (χ3n) is 3.43. The Hall–Kier alpha value is -2.32. The molecule has 1 aromatic carbocycles. The number of hydrogen-bond donors (Lipinski definition) is 2. The minimum absolute atomic E-state index is 0.173. The van der Waals surface area contributed by atoms with Gasteiger partial charge in [0, 0.05) is 24.7 Å². The quantitative estimate of drug-likeness (QED) is 0.508. The van der Waals surface area contributed by atoms with E-state index in [0.29, 0.717) is 11.3 Å². The number of nitrogens with one attached hydrogen (secondary N) is 2. The number of hydrazone groups is 1. The van der Waals surface area contributed by atoms with Gasteiger partial charge in [-0.05, 0) is 33.0 Å². The number of carbonyl (C=O) groups is 1. The van der Waals surface area contributed by atoms with Crippen molar-refractivity contribution in [3.63, 3.8) is 0 Å². The van der Waals surface area contributed by atoms with E-state index >= 15 is 0 Å². The SMILES string of the molecule is CNSC(=O)N/N=C(\C)c1c(C)n(C)n(-c2ccccc2)c1=O. The number of carbonyl (C=O) groups excluding carboxylic acids is 1. The fraction of sp³-hybridized carbons (Fsp3) is 0.267. The summed E-state index contributed by atoms with van der Waals surface area (Å²) in [5, 5.41) is 3.67. The van der Waals surface area contributed by atoms with Crippen LogP contribution in [0.25, 0.3) is 5.69 Å². The van der Waals surface area contributed by atoms with Gasteiger partial charge in [-0.2, -0.15) is 5.10 Å². The molecule has 0 saturated heterocycles. The lowest BCUT2D eigenvalue weighted by atomic mass is 10.2. The van der Waals surface area contributed by atoms with Crippen molar-refractivity contribution in [2.24, 2.45) is 12.1 Å². The summed E-state index contributed by atoms with van der Waals surface area (Å²) in [6.45, 7) is 3.54. The normalized spacial score (nSPS) is 11.6. The van der Waals surface area contributed by atoms with Crippen molar-refractivity contribution in [1.82, 2.24) is 19.5 Å². The summed E-state index contributed by atoms with van der Waals surface area (Å²) >= 11 is 0.886. The molecule has 0 aliphatic rings. The van der Waals surface area contributed by atoms with Crippen LogP contribution in [0.1, 0.15) is 18.2 Å². The van der Waals surface area contributed by atoms with E-state index in [-0.39, 0.29) is 10.8 Å². The van der Waals surface area contributed by atoms with Gasteiger partial charge in [-0.1, -0.05) is 18.2 Å². The second kappa shape index (κ2) is 7.30. The van der Waals surface area contributed by atoms with Gasteiger partial charge in [0.15, 0.2) is 0 Å². The van der Waals surface area contributed by atoms with E-state index in [9.17, 15) is 9.59 Å². The summed E-state index contributed by atoms with van der Waals surface area (Å²) in [5.41, 5.74) is 4.71. The Morgan fingerprint density at radius 1 is 1.26 bits per heavy atom. The molecule has 2 N–H and O–H groups in total. The predicted octanol–water partition coefficient (Wildman–Crippen LogP) is 1.79. The van der Waals surface area contributed by atoms with Crippen molar-refractivity contribution in [2.45, 2.75) is 13.8 Å². The summed E-state index contributed by atoms with van der Waals surface area (Å²) in [4.78, 5) is 24.2. The van der Waals surface area contributed by atoms with Crippen LogP contribution in [0.5, 0.6) is 0 Å². The van der Waals surface area contributed by atoms with E-state index in [4.69, 9.17) is 0 Å². The highest BCUT2D eigenvalue weighted by Crippen LogP contribution is 2.10. The van der Waals surface area contributed by atoms with Crippen LogP contribution in [0, 0.1) is 6.92 Å². The second-order valence-electron chi connectivity index (χ2n) is 4.84. The van der Waals surface area contributed by atoms with Crippen LogP contribution in [0.4, 0.5) is 4.79 Å². The Bertz CT molecular complexity index is 792. The van der Waals surface area contributed by atoms with Crippen molar-refractivity contribution >= 4 is 22.9 Å². The van der Waals surface area contributed by atoms with Crippen molar-refractivity contribution in [3.05, 3.63) is 51.9 Å². The molecule has 0 unspecified atom stereocenters. The molecule has 0 spiro atoms. The zero-order valence-corrected chi connectivity index (χ0v) is 14.3. The van der Waals surface area contributed by atoms with E-state index in [1.165, 1.54) is 0 Å². The summed E-state index contributed by atoms with van der Waals surface area (Å²) in [7, 11) is 3.45. The van der Waals surface area contributed by atoms with Crippen molar-refractivity contribution in [3.8, 4) is 5.69 Å². The number of benzene rings is 1. The van der Waals surface area contributed by atoms with Crippen LogP contribution in [0.3, 0.4) is 0 Å². The van der Waals surface area contributed by atoms with Crippen LogP contribution in [0.2, 0.25) is 0 Å². The van der Waals surface area contributed by atoms with Crippen LogP contribution < -0.4 is 15.7 Å². The highest BCUT2D eigenvalue weighted by Gasteiger charge is 2.18. The van der Waals surface area contributed by atoms with Crippen LogP contribution in [-0.2, 0) is 7.05 Å². The minimum atomic E-state index is -0.344. The maximum atomic E-state index is 12.8. The molecule has 8 heteroatoms. The molecule has 1 heterocycles. The van der Waals surface area contributed by atoms with E-state index < -0.39 is 0 Å². The van der Waals surface area contributed by atoms with Crippen molar-refractivity contribution < 1.29 is 4.79 Å². The highest BCUT2D eigenvalue weighted by molar-refractivity contribution is 8.11. The largest absolute Gasteiger partial charge is 0.314 e. The Balaban J connectivity index is 2.43. The lowest BCUT2D eigenvalue weighted by Gasteiger charge is -2.07. The zero-order chi connectivity index (χ0) is 17.0. The number of aromatic nitrogens is 2. The molecule has 2 rings (SSSR count). The molecule has 0 aliphatic carbocycles. The van der Waals surface area contributed by atoms with E-state index in [1.807, 2.05) is 44.3 Å². The number of amides is 1. The molecule has 1 aromatic heterocycles. The lowest BCUT2D eigenvalue weighted by molar-refractivity contribution is 0.261. The maximum Gasteiger partial charge on any atom is 0.314 e. The van der Waals surface area contributed by atoms with Crippen LogP contribution in [-0.4, -0.2) is 27.4 Å². The Kier molecular flexibility index (Phi) is 5.41. The fourth-order valence-corrected chi connectivity index (χ4v) is 2.56. The first-order valence-corrected chi connectivity index (χ1v) is 7.81. The molecular weight excluding hydrogens is 314 g/mol. The standard InChI is InChI=1S/C15H19N5O2S/c1-10(17-18-15(22)23-16-3)13-11(2)19(4)20(14(13)21)12-8-6-5-7-9-12/h5-9,16H,1-4H3,(H,18,22)/b17-10+. The van der Waals surface area contributed by atoms with E-state index in [1.54, 1.807) is 23.3 Å². The van der Waals surface area contributed by atoms with Crippen LogP contribution >= 0.6 is 11.9 Å².